The monoisotopic (exact) mass is 308 g/mol. The zero-order valence-electron chi connectivity index (χ0n) is 12.0. The van der Waals surface area contributed by atoms with Crippen molar-refractivity contribution in [1.29, 1.82) is 0 Å². The predicted molar refractivity (Wildman–Crippen MR) is 80.9 cm³/mol. The molecule has 112 valence electrons. The number of anilines is 1. The third kappa shape index (κ3) is 4.75. The predicted octanol–water partition coefficient (Wildman–Crippen LogP) is 2.93. The van der Waals surface area contributed by atoms with Crippen LogP contribution in [-0.2, 0) is 6.54 Å². The van der Waals surface area contributed by atoms with Gasteiger partial charge in [0.1, 0.15) is 5.75 Å². The second-order valence-corrected chi connectivity index (χ2v) is 4.60. The highest BCUT2D eigenvalue weighted by Gasteiger charge is 2.06. The van der Waals surface area contributed by atoms with E-state index in [1.54, 1.807) is 7.11 Å². The number of rotatable bonds is 7. The number of nitrogens with one attached hydrogen (secondary N) is 1. The van der Waals surface area contributed by atoms with Crippen LogP contribution in [0.5, 0.6) is 11.8 Å². The summed E-state index contributed by atoms with van der Waals surface area (Å²) in [5.74, 6) is 1.18. The minimum atomic E-state index is 0.101. The van der Waals surface area contributed by atoms with Crippen molar-refractivity contribution < 1.29 is 9.47 Å². The maximum absolute atomic E-state index is 5.86. The van der Waals surface area contributed by atoms with E-state index in [2.05, 4.69) is 20.3 Å². The summed E-state index contributed by atoms with van der Waals surface area (Å²) in [5, 5.41) is 3.19. The largest absolute Gasteiger partial charge is 0.497 e. The first-order valence-electron chi connectivity index (χ1n) is 6.62. The third-order valence-corrected chi connectivity index (χ3v) is 2.78. The van der Waals surface area contributed by atoms with Gasteiger partial charge in [-0.3, -0.25) is 0 Å². The maximum Gasteiger partial charge on any atom is 0.322 e. The lowest BCUT2D eigenvalue weighted by atomic mass is 10.2. The first kappa shape index (κ1) is 15.3. The van der Waals surface area contributed by atoms with Gasteiger partial charge in [0.25, 0.3) is 0 Å². The Morgan fingerprint density at radius 3 is 2.86 bits per heavy atom. The van der Waals surface area contributed by atoms with Gasteiger partial charge in [0.2, 0.25) is 11.2 Å². The first-order chi connectivity index (χ1) is 10.2. The van der Waals surface area contributed by atoms with Crippen LogP contribution in [0.25, 0.3) is 0 Å². The van der Waals surface area contributed by atoms with Crippen molar-refractivity contribution in [2.24, 2.45) is 0 Å². The fourth-order valence-electron chi connectivity index (χ4n) is 1.63. The Bertz CT molecular complexity index is 595. The molecule has 2 aromatic rings. The Morgan fingerprint density at radius 2 is 2.10 bits per heavy atom. The van der Waals surface area contributed by atoms with Crippen LogP contribution in [-0.4, -0.2) is 28.7 Å². The molecule has 0 spiro atoms. The van der Waals surface area contributed by atoms with E-state index >= 15 is 0 Å². The second kappa shape index (κ2) is 7.64. The molecule has 0 unspecified atom stereocenters. The van der Waals surface area contributed by atoms with Crippen molar-refractivity contribution in [3.63, 3.8) is 0 Å². The highest BCUT2D eigenvalue weighted by Crippen LogP contribution is 2.15. The standard InChI is InChI=1S/C14H17ClN4O2/c1-3-7-21-14-18-12(15)17-13(19-14)16-9-10-5-4-6-11(8-10)20-2/h4-6,8H,3,7,9H2,1-2H3,(H,16,17,18,19). The van der Waals surface area contributed by atoms with Crippen molar-refractivity contribution in [2.75, 3.05) is 19.0 Å². The molecule has 1 aromatic carbocycles. The van der Waals surface area contributed by atoms with Gasteiger partial charge in [-0.1, -0.05) is 19.1 Å². The molecule has 0 saturated carbocycles. The topological polar surface area (TPSA) is 69.2 Å². The molecule has 0 saturated heterocycles. The molecule has 0 atom stereocenters. The molecular formula is C14H17ClN4O2. The third-order valence-electron chi connectivity index (χ3n) is 2.61. The van der Waals surface area contributed by atoms with Gasteiger partial charge < -0.3 is 14.8 Å². The summed E-state index contributed by atoms with van der Waals surface area (Å²) in [7, 11) is 1.63. The van der Waals surface area contributed by atoms with Gasteiger partial charge >= 0.3 is 6.01 Å². The van der Waals surface area contributed by atoms with E-state index in [1.807, 2.05) is 31.2 Å². The molecule has 0 radical (unpaired) electrons. The van der Waals surface area contributed by atoms with Crippen LogP contribution in [0, 0.1) is 0 Å². The molecule has 21 heavy (non-hydrogen) atoms. The van der Waals surface area contributed by atoms with Gasteiger partial charge in [0.15, 0.2) is 0 Å². The van der Waals surface area contributed by atoms with E-state index < -0.39 is 0 Å². The van der Waals surface area contributed by atoms with Gasteiger partial charge in [0, 0.05) is 6.54 Å². The molecule has 0 fully saturated rings. The van der Waals surface area contributed by atoms with Gasteiger partial charge in [0.05, 0.1) is 13.7 Å². The summed E-state index contributed by atoms with van der Waals surface area (Å²) in [6.07, 6.45) is 0.871. The summed E-state index contributed by atoms with van der Waals surface area (Å²) in [5.41, 5.74) is 1.04. The Balaban J connectivity index is 2.03. The quantitative estimate of drug-likeness (QED) is 0.848. The molecule has 0 aliphatic rings. The molecule has 7 heteroatoms. The van der Waals surface area contributed by atoms with Crippen LogP contribution in [0.2, 0.25) is 5.28 Å². The molecule has 2 rings (SSSR count). The number of methoxy groups -OCH3 is 1. The molecule has 0 aliphatic carbocycles. The minimum absolute atomic E-state index is 0.101. The summed E-state index contributed by atoms with van der Waals surface area (Å²) in [6.45, 7) is 3.09. The normalized spacial score (nSPS) is 10.2. The lowest BCUT2D eigenvalue weighted by Gasteiger charge is -2.08. The number of aromatic nitrogens is 3. The number of ether oxygens (including phenoxy) is 2. The Hall–Kier alpha value is -2.08. The van der Waals surface area contributed by atoms with Crippen LogP contribution < -0.4 is 14.8 Å². The van der Waals surface area contributed by atoms with Crippen molar-refractivity contribution >= 4 is 17.5 Å². The molecule has 0 aliphatic heterocycles. The van der Waals surface area contributed by atoms with Crippen LogP contribution in [0.1, 0.15) is 18.9 Å². The molecular weight excluding hydrogens is 292 g/mol. The van der Waals surface area contributed by atoms with E-state index in [1.165, 1.54) is 0 Å². The molecule has 1 aromatic heterocycles. The lowest BCUT2D eigenvalue weighted by Crippen LogP contribution is -2.07. The van der Waals surface area contributed by atoms with E-state index in [9.17, 15) is 0 Å². The summed E-state index contributed by atoms with van der Waals surface area (Å²) >= 11 is 5.86. The highest BCUT2D eigenvalue weighted by molar-refractivity contribution is 6.28. The number of nitrogens with zero attached hydrogens (tertiary/aromatic N) is 3. The summed E-state index contributed by atoms with van der Waals surface area (Å²) < 4.78 is 10.5. The van der Waals surface area contributed by atoms with Crippen LogP contribution in [0.15, 0.2) is 24.3 Å². The van der Waals surface area contributed by atoms with E-state index in [-0.39, 0.29) is 11.3 Å². The van der Waals surface area contributed by atoms with Crippen LogP contribution >= 0.6 is 11.6 Å². The number of benzene rings is 1. The Morgan fingerprint density at radius 1 is 1.24 bits per heavy atom. The van der Waals surface area contributed by atoms with Gasteiger partial charge in [-0.25, -0.2) is 0 Å². The summed E-state index contributed by atoms with van der Waals surface area (Å²) in [4.78, 5) is 12.1. The zero-order valence-corrected chi connectivity index (χ0v) is 12.7. The lowest BCUT2D eigenvalue weighted by molar-refractivity contribution is 0.291. The Labute approximate surface area is 128 Å². The van der Waals surface area contributed by atoms with Gasteiger partial charge in [-0.05, 0) is 35.7 Å². The van der Waals surface area contributed by atoms with Crippen molar-refractivity contribution in [2.45, 2.75) is 19.9 Å². The Kier molecular flexibility index (Phi) is 5.57. The molecule has 0 bridgehead atoms. The first-order valence-corrected chi connectivity index (χ1v) is 7.00. The van der Waals surface area contributed by atoms with Crippen LogP contribution in [0.4, 0.5) is 5.95 Å². The SMILES string of the molecule is CCCOc1nc(Cl)nc(NCc2cccc(OC)c2)n1. The number of halogens is 1. The second-order valence-electron chi connectivity index (χ2n) is 4.26. The van der Waals surface area contributed by atoms with E-state index in [4.69, 9.17) is 21.1 Å². The van der Waals surface area contributed by atoms with Crippen molar-refractivity contribution in [1.82, 2.24) is 15.0 Å². The number of hydrogen-bond acceptors (Lipinski definition) is 6. The van der Waals surface area contributed by atoms with Crippen molar-refractivity contribution in [3.05, 3.63) is 35.1 Å². The maximum atomic E-state index is 5.86. The van der Waals surface area contributed by atoms with E-state index in [0.29, 0.717) is 19.1 Å². The molecule has 6 nitrogen and oxygen atoms in total. The van der Waals surface area contributed by atoms with Gasteiger partial charge in [-0.15, -0.1) is 0 Å². The minimum Gasteiger partial charge on any atom is -0.497 e. The smallest absolute Gasteiger partial charge is 0.322 e. The molecule has 1 heterocycles. The summed E-state index contributed by atoms with van der Waals surface area (Å²) in [6, 6.07) is 7.95. The fourth-order valence-corrected chi connectivity index (χ4v) is 1.78. The molecule has 1 N–H and O–H groups in total. The molecule has 0 amide bonds. The van der Waals surface area contributed by atoms with Gasteiger partial charge in [-0.2, -0.15) is 15.0 Å². The van der Waals surface area contributed by atoms with Crippen molar-refractivity contribution in [3.8, 4) is 11.8 Å². The average Bonchev–Trinajstić information content (AvgIpc) is 2.50. The van der Waals surface area contributed by atoms with E-state index in [0.717, 1.165) is 17.7 Å². The van der Waals surface area contributed by atoms with Crippen LogP contribution in [0.3, 0.4) is 0 Å². The zero-order chi connectivity index (χ0) is 15.1. The average molecular weight is 309 g/mol. The fraction of sp³-hybridized carbons (Fsp3) is 0.357. The number of hydrogen-bond donors (Lipinski definition) is 1. The highest BCUT2D eigenvalue weighted by atomic mass is 35.5.